The highest BCUT2D eigenvalue weighted by Crippen LogP contribution is 2.32. The summed E-state index contributed by atoms with van der Waals surface area (Å²) in [5, 5.41) is 10.2. The Kier molecular flexibility index (Phi) is 14.7. The Morgan fingerprint density at radius 3 is 1.47 bits per heavy atom. The summed E-state index contributed by atoms with van der Waals surface area (Å²) in [7, 11) is 0. The molecule has 1 unspecified atom stereocenters. The first-order chi connectivity index (χ1) is 26.2. The number of aliphatic hydroxyl groups is 1. The third-order valence-corrected chi connectivity index (χ3v) is 8.77. The molecule has 1 fully saturated rings. The van der Waals surface area contributed by atoms with Gasteiger partial charge in [0.2, 0.25) is 0 Å². The Morgan fingerprint density at radius 2 is 0.981 bits per heavy atom. The van der Waals surface area contributed by atoms with Gasteiger partial charge >= 0.3 is 5.97 Å². The van der Waals surface area contributed by atoms with Gasteiger partial charge in [-0.25, -0.2) is 4.79 Å². The zero-order valence-corrected chi connectivity index (χ0v) is 29.6. The first-order valence-corrected chi connectivity index (χ1v) is 17.9. The van der Waals surface area contributed by atoms with E-state index in [2.05, 4.69) is 0 Å². The number of carbonyl (C=O) groups is 1. The molecule has 9 heteroatoms. The number of carbonyl (C=O) groups excluding carboxylic acids is 1. The molecule has 6 rings (SSSR count). The number of rotatable bonds is 19. The zero-order chi connectivity index (χ0) is 36.5. The van der Waals surface area contributed by atoms with Crippen LogP contribution in [0.1, 0.15) is 32.6 Å². The second-order valence-electron chi connectivity index (χ2n) is 12.7. The SMILES string of the molecule is O=C(OC(CO)CO[C@H]1O[C@H](COCc2ccccc2)[C@H](OCc2ccccc2)[C@H](OCc2ccccc2)[C@H]1OCc1ccccc1)c1ccccc1. The van der Waals surface area contributed by atoms with Crippen LogP contribution in [-0.4, -0.2) is 67.7 Å². The van der Waals surface area contributed by atoms with Gasteiger partial charge in [-0.2, -0.15) is 0 Å². The summed E-state index contributed by atoms with van der Waals surface area (Å²) in [6.45, 7) is 0.728. The number of aliphatic hydroxyl groups excluding tert-OH is 1. The van der Waals surface area contributed by atoms with Crippen molar-refractivity contribution in [3.8, 4) is 0 Å². The van der Waals surface area contributed by atoms with Crippen LogP contribution in [0.4, 0.5) is 0 Å². The Balaban J connectivity index is 1.28. The van der Waals surface area contributed by atoms with Crippen LogP contribution in [0.2, 0.25) is 0 Å². The normalized spacial score (nSPS) is 20.4. The van der Waals surface area contributed by atoms with Gasteiger partial charge in [0.1, 0.15) is 30.5 Å². The van der Waals surface area contributed by atoms with Crippen molar-refractivity contribution in [1.29, 1.82) is 0 Å². The maximum Gasteiger partial charge on any atom is 0.338 e. The lowest BCUT2D eigenvalue weighted by molar-refractivity contribution is -0.331. The van der Waals surface area contributed by atoms with E-state index in [0.717, 1.165) is 22.3 Å². The number of benzene rings is 5. The highest BCUT2D eigenvalue weighted by atomic mass is 16.7. The Hall–Kier alpha value is -4.71. The molecule has 9 nitrogen and oxygen atoms in total. The average Bonchev–Trinajstić information content (AvgIpc) is 3.22. The van der Waals surface area contributed by atoms with Crippen LogP contribution < -0.4 is 0 Å². The van der Waals surface area contributed by atoms with Gasteiger partial charge in [-0.3, -0.25) is 0 Å². The fraction of sp³-hybridized carbons (Fsp3) is 0.295. The first-order valence-electron chi connectivity index (χ1n) is 17.9. The van der Waals surface area contributed by atoms with Crippen molar-refractivity contribution in [2.75, 3.05) is 19.8 Å². The molecule has 0 aromatic heterocycles. The van der Waals surface area contributed by atoms with Gasteiger partial charge in [-0.15, -0.1) is 0 Å². The molecule has 53 heavy (non-hydrogen) atoms. The van der Waals surface area contributed by atoms with Crippen molar-refractivity contribution >= 4 is 5.97 Å². The summed E-state index contributed by atoms with van der Waals surface area (Å²) in [4.78, 5) is 12.9. The van der Waals surface area contributed by atoms with E-state index in [1.54, 1.807) is 24.3 Å². The van der Waals surface area contributed by atoms with E-state index in [0.29, 0.717) is 18.8 Å². The third kappa shape index (κ3) is 11.6. The summed E-state index contributed by atoms with van der Waals surface area (Å²) in [5.74, 6) is -0.569. The molecular formula is C44H46O9. The summed E-state index contributed by atoms with van der Waals surface area (Å²) in [5.41, 5.74) is 4.31. The highest BCUT2D eigenvalue weighted by Gasteiger charge is 2.49. The molecule has 6 atom stereocenters. The molecule has 1 aliphatic heterocycles. The lowest BCUT2D eigenvalue weighted by atomic mass is 9.97. The van der Waals surface area contributed by atoms with Crippen molar-refractivity contribution in [2.45, 2.75) is 63.2 Å². The van der Waals surface area contributed by atoms with Crippen molar-refractivity contribution in [3.05, 3.63) is 179 Å². The molecular weight excluding hydrogens is 672 g/mol. The minimum atomic E-state index is -1.01. The van der Waals surface area contributed by atoms with Crippen LogP contribution in [0.25, 0.3) is 0 Å². The van der Waals surface area contributed by atoms with Crippen molar-refractivity contribution in [3.63, 3.8) is 0 Å². The van der Waals surface area contributed by atoms with Crippen molar-refractivity contribution in [2.24, 2.45) is 0 Å². The van der Waals surface area contributed by atoms with E-state index in [-0.39, 0.29) is 26.4 Å². The molecule has 0 amide bonds. The molecule has 276 valence electrons. The van der Waals surface area contributed by atoms with E-state index >= 15 is 0 Å². The quantitative estimate of drug-likeness (QED) is 0.0913. The van der Waals surface area contributed by atoms with Gasteiger partial charge in [0.25, 0.3) is 0 Å². The summed E-state index contributed by atoms with van der Waals surface area (Å²) in [6.07, 6.45) is -4.75. The smallest absolute Gasteiger partial charge is 0.338 e. The van der Waals surface area contributed by atoms with E-state index in [1.807, 2.05) is 127 Å². The van der Waals surface area contributed by atoms with Gasteiger partial charge in [-0.05, 0) is 34.4 Å². The minimum Gasteiger partial charge on any atom is -0.454 e. The van der Waals surface area contributed by atoms with Gasteiger partial charge in [0.05, 0.1) is 51.8 Å². The average molecular weight is 719 g/mol. The van der Waals surface area contributed by atoms with Crippen LogP contribution >= 0.6 is 0 Å². The summed E-state index contributed by atoms with van der Waals surface area (Å²) < 4.78 is 45.0. The topological polar surface area (TPSA) is 102 Å². The summed E-state index contributed by atoms with van der Waals surface area (Å²) >= 11 is 0. The fourth-order valence-electron chi connectivity index (χ4n) is 6.00. The number of hydrogen-bond acceptors (Lipinski definition) is 9. The van der Waals surface area contributed by atoms with E-state index in [1.165, 1.54) is 0 Å². The van der Waals surface area contributed by atoms with Crippen molar-refractivity contribution in [1.82, 2.24) is 0 Å². The minimum absolute atomic E-state index is 0.163. The number of esters is 1. The molecule has 0 aliphatic carbocycles. The van der Waals surface area contributed by atoms with Gasteiger partial charge in [0, 0.05) is 0 Å². The Labute approximate surface area is 311 Å². The van der Waals surface area contributed by atoms with Crippen LogP contribution in [0.5, 0.6) is 0 Å². The predicted octanol–water partition coefficient (Wildman–Crippen LogP) is 6.92. The van der Waals surface area contributed by atoms with Gasteiger partial charge in [0.15, 0.2) is 6.29 Å². The Morgan fingerprint density at radius 1 is 0.547 bits per heavy atom. The molecule has 0 saturated carbocycles. The molecule has 5 aromatic rings. The van der Waals surface area contributed by atoms with Crippen LogP contribution in [0.3, 0.4) is 0 Å². The Bertz CT molecular complexity index is 1740. The standard InChI is InChI=1S/C44H46O9/c45-26-38(52-43(46)37-24-14-5-15-25-37)31-51-44-42(50-30-36-22-12-4-13-23-36)41(49-29-35-20-10-3-11-21-35)40(48-28-34-18-8-2-9-19-34)39(53-44)32-47-27-33-16-6-1-7-17-33/h1-25,38-42,44-45H,26-32H2/t38?,39-,40+,41+,42-,44+/m1/s1. The van der Waals surface area contributed by atoms with Crippen LogP contribution in [0, 0.1) is 0 Å². The van der Waals surface area contributed by atoms with Gasteiger partial charge in [-0.1, -0.05) is 140 Å². The molecule has 1 heterocycles. The maximum absolute atomic E-state index is 12.9. The largest absolute Gasteiger partial charge is 0.454 e. The number of hydrogen-bond donors (Lipinski definition) is 1. The molecule has 0 spiro atoms. The second kappa shape index (κ2) is 20.5. The molecule has 1 N–H and O–H groups in total. The van der Waals surface area contributed by atoms with Crippen LogP contribution in [-0.2, 0) is 59.6 Å². The monoisotopic (exact) mass is 718 g/mol. The van der Waals surface area contributed by atoms with Gasteiger partial charge < -0.3 is 38.3 Å². The zero-order valence-electron chi connectivity index (χ0n) is 29.6. The maximum atomic E-state index is 12.9. The van der Waals surface area contributed by atoms with Crippen molar-refractivity contribution < 1.29 is 43.1 Å². The lowest BCUT2D eigenvalue weighted by Gasteiger charge is -2.46. The second-order valence-corrected chi connectivity index (χ2v) is 12.7. The third-order valence-electron chi connectivity index (χ3n) is 8.77. The fourth-order valence-corrected chi connectivity index (χ4v) is 6.00. The number of ether oxygens (including phenoxy) is 7. The molecule has 1 aliphatic rings. The highest BCUT2D eigenvalue weighted by molar-refractivity contribution is 5.89. The first kappa shape index (κ1) is 38.0. The summed E-state index contributed by atoms with van der Waals surface area (Å²) in [6, 6.07) is 48.1. The van der Waals surface area contributed by atoms with E-state index in [9.17, 15) is 9.90 Å². The van der Waals surface area contributed by atoms with E-state index < -0.39 is 49.4 Å². The molecule has 1 saturated heterocycles. The molecule has 5 aromatic carbocycles. The molecule has 0 radical (unpaired) electrons. The lowest BCUT2D eigenvalue weighted by Crippen LogP contribution is -2.62. The predicted molar refractivity (Wildman–Crippen MR) is 198 cm³/mol. The van der Waals surface area contributed by atoms with E-state index in [4.69, 9.17) is 33.2 Å². The molecule has 0 bridgehead atoms. The van der Waals surface area contributed by atoms with Crippen LogP contribution in [0.15, 0.2) is 152 Å².